The predicted molar refractivity (Wildman–Crippen MR) is 87.0 cm³/mol. The number of nitrogens with zero attached hydrogens (tertiary/aromatic N) is 2. The normalized spacial score (nSPS) is 12.0. The lowest BCUT2D eigenvalue weighted by molar-refractivity contribution is 0.0912. The molecule has 5 nitrogen and oxygen atoms in total. The maximum Gasteiger partial charge on any atom is 0.270 e. The molecule has 0 bridgehead atoms. The van der Waals surface area contributed by atoms with Crippen LogP contribution in [0.15, 0.2) is 47.4 Å². The van der Waals surface area contributed by atoms with Gasteiger partial charge in [0.15, 0.2) is 0 Å². The van der Waals surface area contributed by atoms with Crippen molar-refractivity contribution >= 4 is 28.6 Å². The monoisotopic (exact) mass is 331 g/mol. The summed E-state index contributed by atoms with van der Waals surface area (Å²) in [6, 6.07) is 7.35. The number of aliphatic hydroxyl groups excluding tert-OH is 1. The van der Waals surface area contributed by atoms with Crippen molar-refractivity contribution in [2.24, 2.45) is 0 Å². The van der Waals surface area contributed by atoms with Crippen LogP contribution in [0, 0.1) is 0 Å². The molecule has 0 aliphatic carbocycles. The van der Waals surface area contributed by atoms with Crippen LogP contribution >= 0.6 is 22.7 Å². The second-order valence-electron chi connectivity index (χ2n) is 4.52. The number of thiophene rings is 1. The van der Waals surface area contributed by atoms with Crippen molar-refractivity contribution in [3.63, 3.8) is 0 Å². The quantitative estimate of drug-likeness (QED) is 0.754. The molecule has 0 fully saturated rings. The van der Waals surface area contributed by atoms with Crippen LogP contribution in [0.3, 0.4) is 0 Å². The highest BCUT2D eigenvalue weighted by Crippen LogP contribution is 2.27. The van der Waals surface area contributed by atoms with E-state index >= 15 is 0 Å². The standard InChI is InChI=1S/C15H13N3O2S2/c19-12(10-3-5-16-6-4-10)8-17-14(20)11-9-22-15(18-11)13-2-1-7-21-13/h1-7,9,12,19H,8H2,(H,17,20). The third kappa shape index (κ3) is 3.38. The van der Waals surface area contributed by atoms with Gasteiger partial charge in [-0.25, -0.2) is 4.98 Å². The Kier molecular flexibility index (Phi) is 4.57. The van der Waals surface area contributed by atoms with Crippen LogP contribution in [0.25, 0.3) is 9.88 Å². The Morgan fingerprint density at radius 2 is 2.09 bits per heavy atom. The number of hydrogen-bond donors (Lipinski definition) is 2. The Balaban J connectivity index is 1.61. The van der Waals surface area contributed by atoms with Gasteiger partial charge in [0.2, 0.25) is 0 Å². The molecule has 3 aromatic rings. The number of hydrogen-bond acceptors (Lipinski definition) is 6. The van der Waals surface area contributed by atoms with E-state index in [1.54, 1.807) is 41.2 Å². The molecule has 2 N–H and O–H groups in total. The molecule has 0 radical (unpaired) electrons. The van der Waals surface area contributed by atoms with Crippen LogP contribution in [0.2, 0.25) is 0 Å². The number of pyridine rings is 1. The molecule has 0 saturated carbocycles. The molecule has 1 atom stereocenters. The fraction of sp³-hybridized carbons (Fsp3) is 0.133. The Hall–Kier alpha value is -2.09. The molecule has 0 saturated heterocycles. The number of rotatable bonds is 5. The molecule has 0 spiro atoms. The van der Waals surface area contributed by atoms with Crippen LogP contribution in [0.5, 0.6) is 0 Å². The minimum atomic E-state index is -0.762. The second kappa shape index (κ2) is 6.78. The molecule has 7 heteroatoms. The average molecular weight is 331 g/mol. The summed E-state index contributed by atoms with van der Waals surface area (Å²) in [5.41, 5.74) is 1.09. The lowest BCUT2D eigenvalue weighted by Crippen LogP contribution is -2.28. The molecule has 3 heterocycles. The predicted octanol–water partition coefficient (Wildman–Crippen LogP) is 2.73. The van der Waals surface area contributed by atoms with Gasteiger partial charge in [-0.15, -0.1) is 22.7 Å². The maximum absolute atomic E-state index is 12.1. The average Bonchev–Trinajstić information content (AvgIpc) is 3.23. The zero-order valence-corrected chi connectivity index (χ0v) is 13.1. The third-order valence-corrected chi connectivity index (χ3v) is 4.90. The SMILES string of the molecule is O=C(NCC(O)c1ccncc1)c1csc(-c2cccs2)n1. The van der Waals surface area contributed by atoms with Crippen LogP contribution < -0.4 is 5.32 Å². The first-order valence-corrected chi connectivity index (χ1v) is 8.35. The summed E-state index contributed by atoms with van der Waals surface area (Å²) in [6.07, 6.45) is 2.45. The van der Waals surface area contributed by atoms with Gasteiger partial charge in [-0.05, 0) is 29.1 Å². The number of nitrogens with one attached hydrogen (secondary N) is 1. The van der Waals surface area contributed by atoms with Gasteiger partial charge in [0, 0.05) is 24.3 Å². The van der Waals surface area contributed by atoms with Crippen molar-refractivity contribution in [3.05, 3.63) is 58.7 Å². The number of carbonyl (C=O) groups is 1. The highest BCUT2D eigenvalue weighted by Gasteiger charge is 2.14. The highest BCUT2D eigenvalue weighted by molar-refractivity contribution is 7.20. The zero-order chi connectivity index (χ0) is 15.4. The van der Waals surface area contributed by atoms with Crippen LogP contribution in [0.1, 0.15) is 22.2 Å². The molecule has 22 heavy (non-hydrogen) atoms. The summed E-state index contributed by atoms with van der Waals surface area (Å²) in [5.74, 6) is -0.285. The van der Waals surface area contributed by atoms with E-state index in [2.05, 4.69) is 15.3 Å². The van der Waals surface area contributed by atoms with E-state index in [1.807, 2.05) is 17.5 Å². The lowest BCUT2D eigenvalue weighted by Gasteiger charge is -2.11. The summed E-state index contributed by atoms with van der Waals surface area (Å²) >= 11 is 3.02. The van der Waals surface area contributed by atoms with E-state index in [0.717, 1.165) is 9.88 Å². The number of aromatic nitrogens is 2. The summed E-state index contributed by atoms with van der Waals surface area (Å²) < 4.78 is 0. The Labute approximate surface area is 135 Å². The minimum absolute atomic E-state index is 0.134. The van der Waals surface area contributed by atoms with Gasteiger partial charge in [-0.2, -0.15) is 0 Å². The van der Waals surface area contributed by atoms with Crippen LogP contribution in [-0.4, -0.2) is 27.5 Å². The van der Waals surface area contributed by atoms with E-state index in [1.165, 1.54) is 11.3 Å². The lowest BCUT2D eigenvalue weighted by atomic mass is 10.1. The maximum atomic E-state index is 12.1. The molecule has 112 valence electrons. The number of carbonyl (C=O) groups excluding carboxylic acids is 1. The van der Waals surface area contributed by atoms with E-state index < -0.39 is 6.10 Å². The van der Waals surface area contributed by atoms with Gasteiger partial charge < -0.3 is 10.4 Å². The smallest absolute Gasteiger partial charge is 0.270 e. The molecule has 3 aromatic heterocycles. The third-order valence-electron chi connectivity index (χ3n) is 3.02. The fourth-order valence-electron chi connectivity index (χ4n) is 1.87. The largest absolute Gasteiger partial charge is 0.387 e. The first-order valence-electron chi connectivity index (χ1n) is 6.59. The Morgan fingerprint density at radius 1 is 1.27 bits per heavy atom. The molecule has 0 aliphatic heterocycles. The van der Waals surface area contributed by atoms with Gasteiger partial charge in [-0.3, -0.25) is 9.78 Å². The fourth-order valence-corrected chi connectivity index (χ4v) is 3.49. The minimum Gasteiger partial charge on any atom is -0.387 e. The highest BCUT2D eigenvalue weighted by atomic mass is 32.1. The summed E-state index contributed by atoms with van der Waals surface area (Å²) in [6.45, 7) is 0.134. The molecular weight excluding hydrogens is 318 g/mol. The molecule has 0 aromatic carbocycles. The Bertz CT molecular complexity index is 741. The molecule has 0 aliphatic rings. The zero-order valence-electron chi connectivity index (χ0n) is 11.5. The van der Waals surface area contributed by atoms with E-state index in [-0.39, 0.29) is 12.5 Å². The van der Waals surface area contributed by atoms with Crippen molar-refractivity contribution < 1.29 is 9.90 Å². The van der Waals surface area contributed by atoms with Gasteiger partial charge in [0.05, 0.1) is 11.0 Å². The Morgan fingerprint density at radius 3 is 2.82 bits per heavy atom. The van der Waals surface area contributed by atoms with Crippen molar-refractivity contribution in [3.8, 4) is 9.88 Å². The van der Waals surface area contributed by atoms with Gasteiger partial charge in [0.25, 0.3) is 5.91 Å². The molecule has 3 rings (SSSR count). The van der Waals surface area contributed by atoms with Crippen LogP contribution in [0.4, 0.5) is 0 Å². The van der Waals surface area contributed by atoms with Crippen molar-refractivity contribution in [2.75, 3.05) is 6.54 Å². The van der Waals surface area contributed by atoms with Crippen molar-refractivity contribution in [1.82, 2.24) is 15.3 Å². The molecular formula is C15H13N3O2S2. The van der Waals surface area contributed by atoms with Crippen molar-refractivity contribution in [1.29, 1.82) is 0 Å². The van der Waals surface area contributed by atoms with E-state index in [4.69, 9.17) is 0 Å². The topological polar surface area (TPSA) is 75.1 Å². The number of thiazole rings is 1. The van der Waals surface area contributed by atoms with Crippen molar-refractivity contribution in [2.45, 2.75) is 6.10 Å². The molecule has 1 amide bonds. The summed E-state index contributed by atoms with van der Waals surface area (Å²) in [4.78, 5) is 21.3. The van der Waals surface area contributed by atoms with Crippen LogP contribution in [-0.2, 0) is 0 Å². The van der Waals surface area contributed by atoms with E-state index in [9.17, 15) is 9.90 Å². The summed E-state index contributed by atoms with van der Waals surface area (Å²) in [7, 11) is 0. The van der Waals surface area contributed by atoms with E-state index in [0.29, 0.717) is 11.3 Å². The van der Waals surface area contributed by atoms with Gasteiger partial charge in [-0.1, -0.05) is 6.07 Å². The van der Waals surface area contributed by atoms with Gasteiger partial charge >= 0.3 is 0 Å². The number of amides is 1. The number of aliphatic hydroxyl groups is 1. The van der Waals surface area contributed by atoms with Gasteiger partial charge in [0.1, 0.15) is 10.7 Å². The first kappa shape index (κ1) is 14.8. The molecule has 1 unspecified atom stereocenters. The summed E-state index contributed by atoms with van der Waals surface area (Å²) in [5, 5.41) is 17.2. The first-order chi connectivity index (χ1) is 10.7. The second-order valence-corrected chi connectivity index (χ2v) is 6.33.